The number of hydrogen-bond acceptors (Lipinski definition) is 7. The number of nitrogens with zero attached hydrogens (tertiary/aromatic N) is 4. The normalized spacial score (nSPS) is 12.9. The number of aromatic nitrogens is 4. The topological polar surface area (TPSA) is 35.6 Å². The lowest BCUT2D eigenvalue weighted by atomic mass is 10.4. The van der Waals surface area contributed by atoms with Gasteiger partial charge in [0.15, 0.2) is 9.36 Å². The van der Waals surface area contributed by atoms with E-state index in [-0.39, 0.29) is 0 Å². The second-order valence-corrected chi connectivity index (χ2v) is 10.2. The molecule has 0 aliphatic heterocycles. The zero-order valence-electron chi connectivity index (χ0n) is 9.72. The zero-order chi connectivity index (χ0) is 15.1. The van der Waals surface area contributed by atoms with Crippen molar-refractivity contribution in [2.24, 2.45) is 0 Å². The zero-order valence-corrected chi connectivity index (χ0v) is 17.1. The van der Waals surface area contributed by atoms with E-state index in [1.165, 1.54) is 0 Å². The van der Waals surface area contributed by atoms with Crippen LogP contribution in [-0.4, -0.2) is 23.0 Å². The summed E-state index contributed by atoms with van der Waals surface area (Å²) in [4.78, 5) is 0. The summed E-state index contributed by atoms with van der Waals surface area (Å²) in [6, 6.07) is 1.79. The molecule has 0 bridgehead atoms. The molecule has 0 amide bonds. The van der Waals surface area contributed by atoms with Crippen LogP contribution in [0.1, 0.15) is 5.56 Å². The van der Waals surface area contributed by atoms with Crippen LogP contribution in [-0.2, 0) is 10.7 Å². The summed E-state index contributed by atoms with van der Waals surface area (Å²) >= 11 is 29.6. The summed E-state index contributed by atoms with van der Waals surface area (Å²) in [5.74, 6) is 0. The molecule has 0 N–H and O–H groups in total. The highest BCUT2D eigenvalue weighted by atomic mass is 127. The van der Waals surface area contributed by atoms with Crippen LogP contribution in [0.4, 0.5) is 0 Å². The number of rotatable bonds is 4. The molecule has 0 radical (unpaired) electrons. The molecule has 0 unspecified atom stereocenters. The minimum atomic E-state index is -1.07. The Morgan fingerprint density at radius 1 is 1.25 bits per heavy atom. The molecule has 0 atom stereocenters. The van der Waals surface area contributed by atoms with Crippen LogP contribution in [0.25, 0.3) is 0 Å². The first-order valence-corrected chi connectivity index (χ1v) is 8.85. The van der Waals surface area contributed by atoms with E-state index < -0.39 is 7.61 Å². The highest BCUT2D eigenvalue weighted by molar-refractivity contribution is 14.1. The van der Waals surface area contributed by atoms with E-state index in [4.69, 9.17) is 11.6 Å². The average molecular weight is 497 g/mol. The smallest absolute Gasteiger partial charge is 0.180 e. The first kappa shape index (κ1) is 17.5. The predicted octanol–water partition coefficient (Wildman–Crippen LogP) is 3.30. The van der Waals surface area contributed by atoms with Crippen molar-refractivity contribution in [1.82, 2.24) is 19.6 Å². The van der Waals surface area contributed by atoms with Gasteiger partial charge >= 0.3 is 0 Å². The minimum absolute atomic E-state index is 0.458. The Morgan fingerprint density at radius 2 is 1.90 bits per heavy atom. The molecule has 0 aliphatic rings. The van der Waals surface area contributed by atoms with E-state index in [2.05, 4.69) is 95.9 Å². The van der Waals surface area contributed by atoms with Crippen molar-refractivity contribution in [2.45, 2.75) is 14.2 Å². The Kier molecular flexibility index (Phi) is 5.58. The van der Waals surface area contributed by atoms with E-state index in [0.717, 1.165) is 9.26 Å². The standard InChI is InChI=1S/C9H10ClIN4S5/c10-6-1-7(11)14(13-6)3-5-2-12-15(4-5)8(16,17)9(18,19)20/h1-2,4,16-20H,3H2. The molecular weight excluding hydrogens is 487 g/mol. The maximum Gasteiger partial charge on any atom is 0.180 e. The van der Waals surface area contributed by atoms with E-state index in [0.29, 0.717) is 11.7 Å². The van der Waals surface area contributed by atoms with Gasteiger partial charge in [-0.05, 0) is 22.6 Å². The van der Waals surface area contributed by atoms with Crippen molar-refractivity contribution in [3.63, 3.8) is 0 Å². The van der Waals surface area contributed by atoms with Gasteiger partial charge in [-0.1, -0.05) is 11.6 Å². The first-order chi connectivity index (χ1) is 9.11. The molecule has 11 heteroatoms. The van der Waals surface area contributed by atoms with E-state index in [1.807, 2.05) is 0 Å². The molecule has 0 aliphatic carbocycles. The van der Waals surface area contributed by atoms with Crippen molar-refractivity contribution >= 4 is 97.3 Å². The maximum atomic E-state index is 5.86. The number of hydrogen-bond donors (Lipinski definition) is 5. The summed E-state index contributed by atoms with van der Waals surface area (Å²) in [5, 5.41) is 8.87. The first-order valence-electron chi connectivity index (χ1n) is 5.16. The summed E-state index contributed by atoms with van der Waals surface area (Å²) in [6.45, 7) is 0.543. The molecule has 0 aromatic carbocycles. The van der Waals surface area contributed by atoms with Gasteiger partial charge in [0.2, 0.25) is 0 Å². The second-order valence-electron chi connectivity index (χ2n) is 4.01. The Bertz CT molecular complexity index is 620. The van der Waals surface area contributed by atoms with Crippen molar-refractivity contribution < 1.29 is 0 Å². The van der Waals surface area contributed by atoms with Crippen LogP contribution in [0.2, 0.25) is 5.15 Å². The molecule has 20 heavy (non-hydrogen) atoms. The lowest BCUT2D eigenvalue weighted by Gasteiger charge is -2.33. The van der Waals surface area contributed by atoms with Gasteiger partial charge in [0, 0.05) is 17.8 Å². The molecule has 0 saturated heterocycles. The molecule has 2 heterocycles. The third kappa shape index (κ3) is 3.74. The average Bonchev–Trinajstić information content (AvgIpc) is 2.86. The van der Waals surface area contributed by atoms with Crippen LogP contribution < -0.4 is 0 Å². The van der Waals surface area contributed by atoms with Crippen LogP contribution in [0.5, 0.6) is 0 Å². The van der Waals surface area contributed by atoms with Crippen LogP contribution in [0, 0.1) is 3.70 Å². The Balaban J connectivity index is 2.24. The fourth-order valence-electron chi connectivity index (χ4n) is 1.41. The summed E-state index contributed by atoms with van der Waals surface area (Å²) in [7, 11) is 0. The molecule has 0 saturated carbocycles. The van der Waals surface area contributed by atoms with Gasteiger partial charge < -0.3 is 0 Å². The SMILES string of the molecule is SC(S)(S)C(S)(S)n1cc(Cn2nc(Cl)cc2I)cn1. The largest absolute Gasteiger partial charge is 0.253 e. The van der Waals surface area contributed by atoms with E-state index in [9.17, 15) is 0 Å². The van der Waals surface area contributed by atoms with Gasteiger partial charge in [0.25, 0.3) is 0 Å². The van der Waals surface area contributed by atoms with Crippen molar-refractivity contribution in [1.29, 1.82) is 0 Å². The molecule has 0 spiro atoms. The maximum absolute atomic E-state index is 5.86. The third-order valence-electron chi connectivity index (χ3n) is 2.44. The molecule has 4 nitrogen and oxygen atoms in total. The summed E-state index contributed by atoms with van der Waals surface area (Å²) < 4.78 is 2.12. The van der Waals surface area contributed by atoms with Crippen LogP contribution >= 0.6 is 97.3 Å². The molecular formula is C9H10ClIN4S5. The van der Waals surface area contributed by atoms with E-state index >= 15 is 0 Å². The van der Waals surface area contributed by atoms with Gasteiger partial charge in [-0.15, -0.1) is 63.1 Å². The van der Waals surface area contributed by atoms with Crippen molar-refractivity contribution in [3.8, 4) is 0 Å². The number of halogens is 2. The summed E-state index contributed by atoms with van der Waals surface area (Å²) in [6.07, 6.45) is 3.50. The van der Waals surface area contributed by atoms with Gasteiger partial charge in [-0.2, -0.15) is 10.2 Å². The second kappa shape index (κ2) is 6.36. The fourth-order valence-corrected chi connectivity index (χ4v) is 2.89. The quantitative estimate of drug-likeness (QED) is 0.256. The lowest BCUT2D eigenvalue weighted by molar-refractivity contribution is 0.583. The van der Waals surface area contributed by atoms with Crippen LogP contribution in [0.15, 0.2) is 18.5 Å². The van der Waals surface area contributed by atoms with Crippen LogP contribution in [0.3, 0.4) is 0 Å². The minimum Gasteiger partial charge on any atom is -0.253 e. The highest BCUT2D eigenvalue weighted by Crippen LogP contribution is 2.47. The summed E-state index contributed by atoms with van der Waals surface area (Å²) in [5.41, 5.74) is 0.925. The molecule has 2 rings (SSSR count). The molecule has 110 valence electrons. The lowest BCUT2D eigenvalue weighted by Crippen LogP contribution is -2.36. The predicted molar refractivity (Wildman–Crippen MR) is 107 cm³/mol. The van der Waals surface area contributed by atoms with Gasteiger partial charge in [-0.3, -0.25) is 4.68 Å². The Labute approximate surface area is 162 Å². The highest BCUT2D eigenvalue weighted by Gasteiger charge is 2.41. The van der Waals surface area contributed by atoms with Gasteiger partial charge in [-0.25, -0.2) is 4.68 Å². The molecule has 0 fully saturated rings. The van der Waals surface area contributed by atoms with Gasteiger partial charge in [0.1, 0.15) is 7.11 Å². The molecule has 2 aromatic heterocycles. The van der Waals surface area contributed by atoms with Gasteiger partial charge in [0.05, 0.1) is 12.7 Å². The monoisotopic (exact) mass is 496 g/mol. The number of thiol groups is 5. The molecule has 2 aromatic rings. The Hall–Kier alpha value is 1.19. The fraction of sp³-hybridized carbons (Fsp3) is 0.333. The van der Waals surface area contributed by atoms with E-state index in [1.54, 1.807) is 27.8 Å². The van der Waals surface area contributed by atoms with Crippen molar-refractivity contribution in [2.75, 3.05) is 0 Å². The van der Waals surface area contributed by atoms with Crippen molar-refractivity contribution in [3.05, 3.63) is 32.9 Å². The third-order valence-corrected chi connectivity index (χ3v) is 6.60. The Morgan fingerprint density at radius 3 is 2.40 bits per heavy atom.